The standard InChI is InChI=1S/C18H15ClN4/c1-11-7-9-12(10-8-11)16(20)14-15(19)17(22-23-18(14)21)13-5-3-2-4-6-13/h2-10,20H,1H3,(H2,21,23). The van der Waals surface area contributed by atoms with Crippen LogP contribution in [0.4, 0.5) is 5.82 Å². The van der Waals surface area contributed by atoms with E-state index in [0.29, 0.717) is 16.3 Å². The summed E-state index contributed by atoms with van der Waals surface area (Å²) in [5.74, 6) is 0.153. The second-order valence-corrected chi connectivity index (χ2v) is 5.61. The molecular formula is C18H15ClN4. The van der Waals surface area contributed by atoms with Crippen LogP contribution in [0.15, 0.2) is 54.6 Å². The molecule has 0 atom stereocenters. The Morgan fingerprint density at radius 2 is 1.65 bits per heavy atom. The highest BCUT2D eigenvalue weighted by molar-refractivity contribution is 6.38. The zero-order valence-electron chi connectivity index (χ0n) is 12.5. The highest BCUT2D eigenvalue weighted by atomic mass is 35.5. The Morgan fingerprint density at radius 3 is 2.30 bits per heavy atom. The lowest BCUT2D eigenvalue weighted by molar-refractivity contribution is 1.04. The van der Waals surface area contributed by atoms with Crippen LogP contribution in [0.2, 0.25) is 5.02 Å². The van der Waals surface area contributed by atoms with Crippen LogP contribution in [0.25, 0.3) is 11.3 Å². The fourth-order valence-corrected chi connectivity index (χ4v) is 2.65. The second kappa shape index (κ2) is 6.18. The molecule has 0 bridgehead atoms. The number of aryl methyl sites for hydroxylation is 1. The minimum atomic E-state index is 0.153. The Bertz CT molecular complexity index is 858. The van der Waals surface area contributed by atoms with E-state index in [2.05, 4.69) is 10.2 Å². The van der Waals surface area contributed by atoms with Crippen molar-refractivity contribution >= 4 is 23.1 Å². The van der Waals surface area contributed by atoms with Crippen molar-refractivity contribution in [3.05, 3.63) is 76.3 Å². The van der Waals surface area contributed by atoms with Crippen molar-refractivity contribution in [1.82, 2.24) is 10.2 Å². The van der Waals surface area contributed by atoms with Gasteiger partial charge >= 0.3 is 0 Å². The van der Waals surface area contributed by atoms with Crippen molar-refractivity contribution < 1.29 is 0 Å². The smallest absolute Gasteiger partial charge is 0.157 e. The van der Waals surface area contributed by atoms with Gasteiger partial charge in [0.2, 0.25) is 0 Å². The number of rotatable bonds is 3. The third kappa shape index (κ3) is 2.94. The maximum atomic E-state index is 8.45. The van der Waals surface area contributed by atoms with Crippen molar-refractivity contribution in [3.8, 4) is 11.3 Å². The lowest BCUT2D eigenvalue weighted by Crippen LogP contribution is -2.10. The summed E-state index contributed by atoms with van der Waals surface area (Å²) in [5, 5.41) is 16.9. The number of halogens is 1. The van der Waals surface area contributed by atoms with Gasteiger partial charge in [0.15, 0.2) is 5.82 Å². The number of hydrogen-bond donors (Lipinski definition) is 2. The number of nitrogens with one attached hydrogen (secondary N) is 1. The molecule has 0 saturated heterocycles. The quantitative estimate of drug-likeness (QED) is 0.713. The van der Waals surface area contributed by atoms with Crippen LogP contribution in [0, 0.1) is 12.3 Å². The van der Waals surface area contributed by atoms with E-state index in [1.165, 1.54) is 0 Å². The van der Waals surface area contributed by atoms with Crippen LogP contribution in [-0.4, -0.2) is 15.9 Å². The molecule has 0 fully saturated rings. The van der Waals surface area contributed by atoms with Gasteiger partial charge in [-0.1, -0.05) is 71.8 Å². The molecule has 3 N–H and O–H groups in total. The number of anilines is 1. The SMILES string of the molecule is Cc1ccc(C(=N)c2c(N)nnc(-c3ccccc3)c2Cl)cc1. The highest BCUT2D eigenvalue weighted by Crippen LogP contribution is 2.32. The third-order valence-electron chi connectivity index (χ3n) is 3.58. The van der Waals surface area contributed by atoms with Crippen LogP contribution in [0.1, 0.15) is 16.7 Å². The van der Waals surface area contributed by atoms with E-state index in [1.807, 2.05) is 61.5 Å². The van der Waals surface area contributed by atoms with E-state index in [1.54, 1.807) is 0 Å². The first-order valence-corrected chi connectivity index (χ1v) is 7.48. The van der Waals surface area contributed by atoms with Gasteiger partial charge in [0.05, 0.1) is 16.3 Å². The first kappa shape index (κ1) is 15.2. The summed E-state index contributed by atoms with van der Waals surface area (Å²) in [6.45, 7) is 2.00. The summed E-state index contributed by atoms with van der Waals surface area (Å²) in [7, 11) is 0. The number of nitrogens with zero attached hydrogens (tertiary/aromatic N) is 2. The summed E-state index contributed by atoms with van der Waals surface area (Å²) in [4.78, 5) is 0. The van der Waals surface area contributed by atoms with Crippen LogP contribution in [0.5, 0.6) is 0 Å². The lowest BCUT2D eigenvalue weighted by Gasteiger charge is -2.12. The minimum absolute atomic E-state index is 0.153. The van der Waals surface area contributed by atoms with Crippen molar-refractivity contribution in [3.63, 3.8) is 0 Å². The Hall–Kier alpha value is -2.72. The number of nitrogens with two attached hydrogens (primary N) is 1. The summed E-state index contributed by atoms with van der Waals surface area (Å²) >= 11 is 6.50. The summed E-state index contributed by atoms with van der Waals surface area (Å²) < 4.78 is 0. The summed E-state index contributed by atoms with van der Waals surface area (Å²) in [6, 6.07) is 17.1. The Labute approximate surface area is 139 Å². The number of hydrogen-bond acceptors (Lipinski definition) is 4. The molecule has 5 heteroatoms. The van der Waals surface area contributed by atoms with E-state index in [-0.39, 0.29) is 11.5 Å². The molecule has 2 aromatic carbocycles. The van der Waals surface area contributed by atoms with E-state index in [9.17, 15) is 0 Å². The lowest BCUT2D eigenvalue weighted by atomic mass is 10.0. The summed E-state index contributed by atoms with van der Waals surface area (Å²) in [6.07, 6.45) is 0. The molecule has 0 unspecified atom stereocenters. The molecule has 1 aromatic heterocycles. The fraction of sp³-hybridized carbons (Fsp3) is 0.0556. The molecule has 3 aromatic rings. The number of aromatic nitrogens is 2. The van der Waals surface area contributed by atoms with E-state index < -0.39 is 0 Å². The second-order valence-electron chi connectivity index (χ2n) is 5.23. The predicted octanol–water partition coefficient (Wildman–Crippen LogP) is 4.10. The molecule has 1 heterocycles. The molecule has 4 nitrogen and oxygen atoms in total. The van der Waals surface area contributed by atoms with Gasteiger partial charge in [-0.15, -0.1) is 10.2 Å². The van der Waals surface area contributed by atoms with Crippen molar-refractivity contribution in [1.29, 1.82) is 5.41 Å². The first-order valence-electron chi connectivity index (χ1n) is 7.11. The molecule has 0 spiro atoms. The summed E-state index contributed by atoms with van der Waals surface area (Å²) in [5.41, 5.74) is 9.79. The van der Waals surface area contributed by atoms with Crippen molar-refractivity contribution in [2.45, 2.75) is 6.92 Å². The van der Waals surface area contributed by atoms with E-state index >= 15 is 0 Å². The average molecular weight is 323 g/mol. The van der Waals surface area contributed by atoms with Gasteiger partial charge in [-0.3, -0.25) is 5.41 Å². The normalized spacial score (nSPS) is 10.5. The largest absolute Gasteiger partial charge is 0.382 e. The number of nitrogen functional groups attached to an aromatic ring is 1. The molecule has 0 saturated carbocycles. The molecule has 0 amide bonds. The zero-order chi connectivity index (χ0) is 16.4. The first-order chi connectivity index (χ1) is 11.1. The zero-order valence-corrected chi connectivity index (χ0v) is 13.3. The van der Waals surface area contributed by atoms with Gasteiger partial charge in [-0.05, 0) is 6.92 Å². The van der Waals surface area contributed by atoms with Gasteiger partial charge in [-0.2, -0.15) is 0 Å². The number of benzene rings is 2. The topological polar surface area (TPSA) is 75.7 Å². The molecule has 0 aliphatic rings. The van der Waals surface area contributed by atoms with Crippen LogP contribution in [-0.2, 0) is 0 Å². The predicted molar refractivity (Wildman–Crippen MR) is 94.0 cm³/mol. The maximum Gasteiger partial charge on any atom is 0.157 e. The average Bonchev–Trinajstić information content (AvgIpc) is 2.56. The molecule has 23 heavy (non-hydrogen) atoms. The van der Waals surface area contributed by atoms with Gasteiger partial charge in [0.25, 0.3) is 0 Å². The molecule has 0 aliphatic heterocycles. The van der Waals surface area contributed by atoms with Gasteiger partial charge < -0.3 is 5.73 Å². The Morgan fingerprint density at radius 1 is 1.00 bits per heavy atom. The fourth-order valence-electron chi connectivity index (χ4n) is 2.31. The monoisotopic (exact) mass is 322 g/mol. The molecular weight excluding hydrogens is 308 g/mol. The van der Waals surface area contributed by atoms with Crippen molar-refractivity contribution in [2.24, 2.45) is 0 Å². The van der Waals surface area contributed by atoms with Gasteiger partial charge in [-0.25, -0.2) is 0 Å². The van der Waals surface area contributed by atoms with Gasteiger partial charge in [0.1, 0.15) is 5.69 Å². The maximum absolute atomic E-state index is 8.45. The van der Waals surface area contributed by atoms with Crippen molar-refractivity contribution in [2.75, 3.05) is 5.73 Å². The van der Waals surface area contributed by atoms with E-state index in [0.717, 1.165) is 16.7 Å². The highest BCUT2D eigenvalue weighted by Gasteiger charge is 2.19. The Kier molecular flexibility index (Phi) is 4.08. The Balaban J connectivity index is 2.12. The molecule has 0 aliphatic carbocycles. The third-order valence-corrected chi connectivity index (χ3v) is 3.95. The molecule has 3 rings (SSSR count). The van der Waals surface area contributed by atoms with Crippen LogP contribution < -0.4 is 5.73 Å². The molecule has 114 valence electrons. The minimum Gasteiger partial charge on any atom is -0.382 e. The van der Waals surface area contributed by atoms with Crippen LogP contribution >= 0.6 is 11.6 Å². The van der Waals surface area contributed by atoms with Gasteiger partial charge in [0, 0.05) is 11.1 Å². The molecule has 0 radical (unpaired) electrons. The van der Waals surface area contributed by atoms with Crippen LogP contribution in [0.3, 0.4) is 0 Å². The van der Waals surface area contributed by atoms with E-state index in [4.69, 9.17) is 22.7 Å².